The summed E-state index contributed by atoms with van der Waals surface area (Å²) in [6.45, 7) is 3.01. The third kappa shape index (κ3) is 3.93. The van der Waals surface area contributed by atoms with Gasteiger partial charge in [0, 0.05) is 18.3 Å². The molecule has 1 heterocycles. The molecule has 0 aliphatic heterocycles. The van der Waals surface area contributed by atoms with E-state index in [-0.39, 0.29) is 18.7 Å². The van der Waals surface area contributed by atoms with Crippen LogP contribution in [0, 0.1) is 5.82 Å². The number of amides is 1. The van der Waals surface area contributed by atoms with Crippen LogP contribution in [0.2, 0.25) is 0 Å². The highest BCUT2D eigenvalue weighted by Crippen LogP contribution is 2.29. The summed E-state index contributed by atoms with van der Waals surface area (Å²) in [6, 6.07) is 10.1. The summed E-state index contributed by atoms with van der Waals surface area (Å²) >= 11 is 0. The van der Waals surface area contributed by atoms with Gasteiger partial charge in [-0.1, -0.05) is 30.3 Å². The molecular formula is C18H19FN2O4. The van der Waals surface area contributed by atoms with Crippen LogP contribution in [0.25, 0.3) is 0 Å². The van der Waals surface area contributed by atoms with E-state index in [1.54, 1.807) is 31.2 Å². The molecule has 0 bridgehead atoms. The molecule has 0 aliphatic carbocycles. The van der Waals surface area contributed by atoms with Gasteiger partial charge >= 0.3 is 12.1 Å². The lowest BCUT2D eigenvalue weighted by Crippen LogP contribution is -2.52. The molecular weight excluding hydrogens is 327 g/mol. The molecule has 0 spiro atoms. The second kappa shape index (κ2) is 7.74. The summed E-state index contributed by atoms with van der Waals surface area (Å²) in [5.41, 5.74) is -0.979. The predicted molar refractivity (Wildman–Crippen MR) is 88.2 cm³/mol. The number of carboxylic acid groups (broad SMARTS) is 1. The lowest BCUT2D eigenvalue weighted by atomic mass is 9.91. The minimum absolute atomic E-state index is 0.00722. The Morgan fingerprint density at radius 3 is 2.52 bits per heavy atom. The van der Waals surface area contributed by atoms with Gasteiger partial charge in [0.05, 0.1) is 6.20 Å². The van der Waals surface area contributed by atoms with Crippen molar-refractivity contribution in [2.24, 2.45) is 0 Å². The molecule has 1 aromatic carbocycles. The topological polar surface area (TPSA) is 79.7 Å². The van der Waals surface area contributed by atoms with Gasteiger partial charge < -0.3 is 9.84 Å². The molecule has 1 aromatic heterocycles. The first kappa shape index (κ1) is 18.4. The molecule has 0 radical (unpaired) electrons. The highest BCUT2D eigenvalue weighted by atomic mass is 19.1. The van der Waals surface area contributed by atoms with E-state index in [1.165, 1.54) is 13.1 Å². The number of ether oxygens (including phenoxy) is 1. The first-order chi connectivity index (χ1) is 11.9. The smallest absolute Gasteiger partial charge is 0.411 e. The van der Waals surface area contributed by atoms with Crippen LogP contribution in [-0.2, 0) is 21.7 Å². The summed E-state index contributed by atoms with van der Waals surface area (Å²) in [7, 11) is 0. The Balaban J connectivity index is 2.27. The van der Waals surface area contributed by atoms with Crippen molar-refractivity contribution in [2.75, 3.05) is 6.54 Å². The van der Waals surface area contributed by atoms with Crippen molar-refractivity contribution in [1.29, 1.82) is 0 Å². The van der Waals surface area contributed by atoms with Crippen LogP contribution in [0.15, 0.2) is 48.8 Å². The molecule has 1 atom stereocenters. The average molecular weight is 346 g/mol. The number of carboxylic acids is 1. The quantitative estimate of drug-likeness (QED) is 0.869. The molecule has 1 unspecified atom stereocenters. The van der Waals surface area contributed by atoms with Gasteiger partial charge in [0.25, 0.3) is 0 Å². The number of rotatable bonds is 6. The van der Waals surface area contributed by atoms with Crippen LogP contribution in [-0.4, -0.2) is 33.6 Å². The number of hydrogen-bond acceptors (Lipinski definition) is 4. The number of halogens is 1. The summed E-state index contributed by atoms with van der Waals surface area (Å²) in [6.07, 6.45) is 1.39. The van der Waals surface area contributed by atoms with Crippen LogP contribution < -0.4 is 0 Å². The van der Waals surface area contributed by atoms with Crippen molar-refractivity contribution in [3.63, 3.8) is 0 Å². The van der Waals surface area contributed by atoms with E-state index in [4.69, 9.17) is 4.74 Å². The first-order valence-electron chi connectivity index (χ1n) is 7.72. The SMILES string of the molecule is CCN(C(=O)OCc1ccccc1)C(C)(C(=O)O)c1cncc(F)c1. The second-order valence-electron chi connectivity index (χ2n) is 5.55. The fraction of sp³-hybridized carbons (Fsp3) is 0.278. The molecule has 132 valence electrons. The van der Waals surface area contributed by atoms with Crippen LogP contribution in [0.3, 0.4) is 0 Å². The van der Waals surface area contributed by atoms with E-state index >= 15 is 0 Å². The van der Waals surface area contributed by atoms with Gasteiger partial charge in [-0.2, -0.15) is 0 Å². The first-order valence-corrected chi connectivity index (χ1v) is 7.72. The summed E-state index contributed by atoms with van der Waals surface area (Å²) in [5.74, 6) is -1.99. The van der Waals surface area contributed by atoms with Crippen molar-refractivity contribution < 1.29 is 23.8 Å². The molecule has 7 heteroatoms. The Morgan fingerprint density at radius 1 is 1.28 bits per heavy atom. The van der Waals surface area contributed by atoms with E-state index in [0.717, 1.165) is 22.7 Å². The number of benzene rings is 1. The van der Waals surface area contributed by atoms with Gasteiger partial charge in [-0.05, 0) is 25.5 Å². The zero-order chi connectivity index (χ0) is 18.4. The fourth-order valence-corrected chi connectivity index (χ4v) is 2.50. The predicted octanol–water partition coefficient (Wildman–Crippen LogP) is 3.18. The molecule has 25 heavy (non-hydrogen) atoms. The maximum Gasteiger partial charge on any atom is 0.411 e. The van der Waals surface area contributed by atoms with Crippen molar-refractivity contribution in [1.82, 2.24) is 9.88 Å². The van der Waals surface area contributed by atoms with Gasteiger partial charge in [-0.15, -0.1) is 0 Å². The molecule has 1 N–H and O–H groups in total. The van der Waals surface area contributed by atoms with E-state index in [2.05, 4.69) is 4.98 Å². The van der Waals surface area contributed by atoms with E-state index < -0.39 is 23.4 Å². The normalized spacial score (nSPS) is 12.9. The van der Waals surface area contributed by atoms with Gasteiger partial charge in [-0.25, -0.2) is 14.0 Å². The van der Waals surface area contributed by atoms with Gasteiger partial charge in [0.2, 0.25) is 0 Å². The Bertz CT molecular complexity index is 754. The Hall–Kier alpha value is -2.96. The number of pyridine rings is 1. The van der Waals surface area contributed by atoms with Gasteiger partial charge in [0.1, 0.15) is 12.4 Å². The highest BCUT2D eigenvalue weighted by Gasteiger charge is 2.44. The van der Waals surface area contributed by atoms with Crippen LogP contribution >= 0.6 is 0 Å². The molecule has 1 amide bonds. The Labute approximate surface area is 144 Å². The monoisotopic (exact) mass is 346 g/mol. The molecule has 0 aliphatic rings. The number of nitrogens with zero attached hydrogens (tertiary/aromatic N) is 2. The largest absolute Gasteiger partial charge is 0.479 e. The molecule has 0 saturated carbocycles. The zero-order valence-corrected chi connectivity index (χ0v) is 14.0. The molecule has 0 saturated heterocycles. The summed E-state index contributed by atoms with van der Waals surface area (Å²) in [5, 5.41) is 9.71. The number of aromatic nitrogens is 1. The van der Waals surface area contributed by atoms with Crippen LogP contribution in [0.1, 0.15) is 25.0 Å². The minimum Gasteiger partial charge on any atom is -0.479 e. The van der Waals surface area contributed by atoms with Crippen molar-refractivity contribution >= 4 is 12.1 Å². The van der Waals surface area contributed by atoms with Crippen molar-refractivity contribution in [3.8, 4) is 0 Å². The van der Waals surface area contributed by atoms with Crippen LogP contribution in [0.4, 0.5) is 9.18 Å². The van der Waals surface area contributed by atoms with E-state index in [0.29, 0.717) is 0 Å². The van der Waals surface area contributed by atoms with Crippen LogP contribution in [0.5, 0.6) is 0 Å². The summed E-state index contributed by atoms with van der Waals surface area (Å²) in [4.78, 5) is 29.1. The second-order valence-corrected chi connectivity index (χ2v) is 5.55. The fourth-order valence-electron chi connectivity index (χ4n) is 2.50. The van der Waals surface area contributed by atoms with Crippen molar-refractivity contribution in [3.05, 3.63) is 65.7 Å². The van der Waals surface area contributed by atoms with Gasteiger partial charge in [-0.3, -0.25) is 9.88 Å². The van der Waals surface area contributed by atoms with Crippen molar-refractivity contribution in [2.45, 2.75) is 26.0 Å². The summed E-state index contributed by atoms with van der Waals surface area (Å²) < 4.78 is 18.7. The Morgan fingerprint density at radius 2 is 1.96 bits per heavy atom. The number of carbonyl (C=O) groups excluding carboxylic acids is 1. The molecule has 0 fully saturated rings. The molecule has 6 nitrogen and oxygen atoms in total. The highest BCUT2D eigenvalue weighted by molar-refractivity contribution is 5.85. The maximum absolute atomic E-state index is 13.5. The van der Waals surface area contributed by atoms with Gasteiger partial charge in [0.15, 0.2) is 5.54 Å². The Kier molecular flexibility index (Phi) is 5.69. The number of aliphatic carboxylic acids is 1. The van der Waals surface area contributed by atoms with E-state index in [9.17, 15) is 19.1 Å². The standard InChI is InChI=1S/C18H19FN2O4/c1-3-21(17(24)25-12-13-7-5-4-6-8-13)18(2,16(22)23)14-9-15(19)11-20-10-14/h4-11H,3,12H2,1-2H3,(H,22,23). The average Bonchev–Trinajstić information content (AvgIpc) is 2.61. The molecule has 2 aromatic rings. The third-order valence-corrected chi connectivity index (χ3v) is 3.97. The number of likely N-dealkylation sites (N-methyl/N-ethyl adjacent to an activating group) is 1. The van der Waals surface area contributed by atoms with E-state index in [1.807, 2.05) is 6.07 Å². The molecule has 2 rings (SSSR count). The lowest BCUT2D eigenvalue weighted by molar-refractivity contribution is -0.150. The zero-order valence-electron chi connectivity index (χ0n) is 14.0. The number of carbonyl (C=O) groups is 2. The number of hydrogen-bond donors (Lipinski definition) is 1. The lowest BCUT2D eigenvalue weighted by Gasteiger charge is -2.36. The minimum atomic E-state index is -1.81. The maximum atomic E-state index is 13.5. The third-order valence-electron chi connectivity index (χ3n) is 3.97.